The summed E-state index contributed by atoms with van der Waals surface area (Å²) in [6.07, 6.45) is 0. The van der Waals surface area contributed by atoms with Gasteiger partial charge in [-0.2, -0.15) is 0 Å². The van der Waals surface area contributed by atoms with E-state index in [-0.39, 0.29) is 5.38 Å². The molecule has 0 aliphatic rings. The van der Waals surface area contributed by atoms with Crippen LogP contribution >= 0.6 is 34.8 Å². The van der Waals surface area contributed by atoms with E-state index in [2.05, 4.69) is 4.98 Å². The van der Waals surface area contributed by atoms with E-state index in [1.807, 2.05) is 0 Å². The molecule has 1 amide bonds. The van der Waals surface area contributed by atoms with Crippen molar-refractivity contribution in [1.82, 2.24) is 9.55 Å². The molecule has 0 bridgehead atoms. The number of amides is 1. The second kappa shape index (κ2) is 5.19. The number of nitrogens with two attached hydrogens (primary N) is 1. The van der Waals surface area contributed by atoms with E-state index in [1.54, 1.807) is 30.5 Å². The minimum absolute atomic E-state index is 0.369. The third-order valence-corrected chi connectivity index (χ3v) is 3.83. The molecule has 2 aromatic rings. The summed E-state index contributed by atoms with van der Waals surface area (Å²) in [6, 6.07) is 2.74. The lowest BCUT2D eigenvalue weighted by Gasteiger charge is -2.15. The molecule has 2 rings (SSSR count). The molecule has 102 valence electrons. The lowest BCUT2D eigenvalue weighted by molar-refractivity contribution is -0.120. The lowest BCUT2D eigenvalue weighted by Crippen LogP contribution is -2.25. The van der Waals surface area contributed by atoms with Crippen LogP contribution in [0.3, 0.4) is 0 Å². The molecule has 2 atom stereocenters. The number of alkyl halides is 1. The average molecular weight is 321 g/mol. The van der Waals surface area contributed by atoms with Crippen molar-refractivity contribution in [2.75, 3.05) is 0 Å². The fourth-order valence-electron chi connectivity index (χ4n) is 1.92. The zero-order chi connectivity index (χ0) is 14.3. The van der Waals surface area contributed by atoms with Crippen molar-refractivity contribution in [3.63, 3.8) is 0 Å². The fourth-order valence-corrected chi connectivity index (χ4v) is 2.39. The van der Waals surface area contributed by atoms with Crippen molar-refractivity contribution >= 4 is 51.7 Å². The molecule has 2 N–H and O–H groups in total. The third-order valence-electron chi connectivity index (χ3n) is 2.91. The van der Waals surface area contributed by atoms with Crippen molar-refractivity contribution < 1.29 is 4.79 Å². The largest absolute Gasteiger partial charge is 0.368 e. The van der Waals surface area contributed by atoms with Gasteiger partial charge in [0.05, 0.1) is 26.5 Å². The van der Waals surface area contributed by atoms with E-state index in [0.717, 1.165) is 0 Å². The molecule has 0 spiro atoms. The maximum absolute atomic E-state index is 11.4. The molecule has 4 nitrogen and oxygen atoms in total. The maximum atomic E-state index is 11.4. The van der Waals surface area contributed by atoms with Crippen LogP contribution in [0.4, 0.5) is 0 Å². The molecule has 2 unspecified atom stereocenters. The third kappa shape index (κ3) is 2.53. The van der Waals surface area contributed by atoms with E-state index < -0.39 is 11.9 Å². The van der Waals surface area contributed by atoms with E-state index in [4.69, 9.17) is 40.5 Å². The Kier molecular flexibility index (Phi) is 3.95. The Hall–Kier alpha value is -0.970. The van der Waals surface area contributed by atoms with Crippen molar-refractivity contribution in [3.8, 4) is 0 Å². The molecule has 0 saturated carbocycles. The number of primary amides is 1. The van der Waals surface area contributed by atoms with E-state index in [9.17, 15) is 4.79 Å². The zero-order valence-corrected chi connectivity index (χ0v) is 12.6. The SMILES string of the molecule is CC(Cl)c1nc2cc(Cl)c(Cl)cc2n1C(C)C(N)=O. The van der Waals surface area contributed by atoms with Gasteiger partial charge in [0.15, 0.2) is 0 Å². The number of hydrogen-bond donors (Lipinski definition) is 1. The van der Waals surface area contributed by atoms with Crippen molar-refractivity contribution in [2.24, 2.45) is 5.73 Å². The number of benzene rings is 1. The van der Waals surface area contributed by atoms with Crippen LogP contribution in [-0.2, 0) is 4.79 Å². The van der Waals surface area contributed by atoms with Crippen molar-refractivity contribution in [2.45, 2.75) is 25.3 Å². The van der Waals surface area contributed by atoms with Crippen LogP contribution in [-0.4, -0.2) is 15.5 Å². The summed E-state index contributed by atoms with van der Waals surface area (Å²) >= 11 is 18.1. The summed E-state index contributed by atoms with van der Waals surface area (Å²) in [7, 11) is 0. The first-order valence-corrected chi connectivity index (χ1v) is 6.82. The Labute approximate surface area is 125 Å². The molecule has 1 aromatic heterocycles. The van der Waals surface area contributed by atoms with Gasteiger partial charge in [0, 0.05) is 0 Å². The molecule has 1 aromatic carbocycles. The first-order valence-electron chi connectivity index (χ1n) is 5.63. The van der Waals surface area contributed by atoms with Crippen LogP contribution in [0, 0.1) is 0 Å². The Morgan fingerprint density at radius 3 is 2.42 bits per heavy atom. The molecule has 0 aliphatic heterocycles. The highest BCUT2D eigenvalue weighted by atomic mass is 35.5. The standard InChI is InChI=1S/C12H12Cl3N3O/c1-5(13)12-17-9-3-7(14)8(15)4-10(9)18(12)6(2)11(16)19/h3-6H,1-2H3,(H2,16,19). The molecular weight excluding hydrogens is 309 g/mol. The molecule has 19 heavy (non-hydrogen) atoms. The molecule has 1 heterocycles. The van der Waals surface area contributed by atoms with Gasteiger partial charge in [-0.15, -0.1) is 11.6 Å². The average Bonchev–Trinajstić information content (AvgIpc) is 2.67. The Morgan fingerprint density at radius 2 is 1.89 bits per heavy atom. The van der Waals surface area contributed by atoms with Gasteiger partial charge < -0.3 is 10.3 Å². The quantitative estimate of drug-likeness (QED) is 0.877. The monoisotopic (exact) mass is 319 g/mol. The van der Waals surface area contributed by atoms with Gasteiger partial charge in [0.25, 0.3) is 0 Å². The number of hydrogen-bond acceptors (Lipinski definition) is 2. The predicted molar refractivity (Wildman–Crippen MR) is 77.9 cm³/mol. The number of carbonyl (C=O) groups excluding carboxylic acids is 1. The van der Waals surface area contributed by atoms with Crippen LogP contribution in [0.2, 0.25) is 10.0 Å². The summed E-state index contributed by atoms with van der Waals surface area (Å²) in [6.45, 7) is 3.46. The Balaban J connectivity index is 2.80. The van der Waals surface area contributed by atoms with E-state index in [0.29, 0.717) is 26.9 Å². The summed E-state index contributed by atoms with van der Waals surface area (Å²) in [5, 5.41) is 0.423. The summed E-state index contributed by atoms with van der Waals surface area (Å²) < 4.78 is 1.69. The highest BCUT2D eigenvalue weighted by Gasteiger charge is 2.22. The number of fused-ring (bicyclic) bond motifs is 1. The summed E-state index contributed by atoms with van der Waals surface area (Å²) in [5.74, 6) is 0.0882. The predicted octanol–water partition coefficient (Wildman–Crippen LogP) is 3.69. The molecule has 0 aliphatic carbocycles. The van der Waals surface area contributed by atoms with Gasteiger partial charge in [-0.3, -0.25) is 4.79 Å². The van der Waals surface area contributed by atoms with Gasteiger partial charge in [0.2, 0.25) is 5.91 Å². The van der Waals surface area contributed by atoms with Crippen LogP contribution in [0.25, 0.3) is 11.0 Å². The molecule has 0 saturated heterocycles. The highest BCUT2D eigenvalue weighted by molar-refractivity contribution is 6.42. The fraction of sp³-hybridized carbons (Fsp3) is 0.333. The molecule has 7 heteroatoms. The second-order valence-electron chi connectivity index (χ2n) is 4.29. The van der Waals surface area contributed by atoms with Crippen molar-refractivity contribution in [3.05, 3.63) is 28.0 Å². The lowest BCUT2D eigenvalue weighted by atomic mass is 10.2. The minimum Gasteiger partial charge on any atom is -0.368 e. The first-order chi connectivity index (χ1) is 8.82. The maximum Gasteiger partial charge on any atom is 0.240 e. The Morgan fingerprint density at radius 1 is 1.32 bits per heavy atom. The van der Waals surface area contributed by atoms with Crippen molar-refractivity contribution in [1.29, 1.82) is 0 Å². The topological polar surface area (TPSA) is 60.9 Å². The van der Waals surface area contributed by atoms with E-state index in [1.165, 1.54) is 0 Å². The number of carbonyl (C=O) groups is 1. The van der Waals surface area contributed by atoms with Gasteiger partial charge in [-0.25, -0.2) is 4.98 Å². The van der Waals surface area contributed by atoms with Gasteiger partial charge >= 0.3 is 0 Å². The minimum atomic E-state index is -0.571. The van der Waals surface area contributed by atoms with Gasteiger partial charge in [-0.05, 0) is 26.0 Å². The van der Waals surface area contributed by atoms with Crippen LogP contribution in [0.1, 0.15) is 31.1 Å². The van der Waals surface area contributed by atoms with Crippen LogP contribution in [0.15, 0.2) is 12.1 Å². The molecule has 0 fully saturated rings. The number of imidazole rings is 1. The van der Waals surface area contributed by atoms with Crippen LogP contribution < -0.4 is 5.73 Å². The van der Waals surface area contributed by atoms with Crippen LogP contribution in [0.5, 0.6) is 0 Å². The smallest absolute Gasteiger partial charge is 0.240 e. The van der Waals surface area contributed by atoms with E-state index >= 15 is 0 Å². The number of halogens is 3. The number of rotatable bonds is 3. The number of nitrogens with zero attached hydrogens (tertiary/aromatic N) is 2. The zero-order valence-electron chi connectivity index (χ0n) is 10.3. The van der Waals surface area contributed by atoms with Gasteiger partial charge in [0.1, 0.15) is 11.9 Å². The highest BCUT2D eigenvalue weighted by Crippen LogP contribution is 2.33. The van der Waals surface area contributed by atoms with Gasteiger partial charge in [-0.1, -0.05) is 23.2 Å². The number of aromatic nitrogens is 2. The summed E-state index contributed by atoms with van der Waals surface area (Å²) in [4.78, 5) is 15.8. The normalized spacial score (nSPS) is 14.6. The summed E-state index contributed by atoms with van der Waals surface area (Å²) in [5.41, 5.74) is 6.68. The molecule has 0 radical (unpaired) electrons. The molecular formula is C12H12Cl3N3O. The Bertz CT molecular complexity index is 651. The first kappa shape index (κ1) is 14.4. The second-order valence-corrected chi connectivity index (χ2v) is 5.76.